The lowest BCUT2D eigenvalue weighted by Gasteiger charge is -2.23. The lowest BCUT2D eigenvalue weighted by molar-refractivity contribution is -0.135. The van der Waals surface area contributed by atoms with Crippen molar-refractivity contribution < 1.29 is 14.7 Å². The number of hydrogen-bond donors (Lipinski definition) is 1. The van der Waals surface area contributed by atoms with Crippen LogP contribution in [0.5, 0.6) is 0 Å². The van der Waals surface area contributed by atoms with Gasteiger partial charge in [0, 0.05) is 22.7 Å². The summed E-state index contributed by atoms with van der Waals surface area (Å²) in [5, 5.41) is 11.9. The van der Waals surface area contributed by atoms with Crippen LogP contribution in [0.15, 0.2) is 78.9 Å². The number of benzene rings is 3. The number of hydrogen-bond acceptors (Lipinski definition) is 3. The zero-order chi connectivity index (χ0) is 20.4. The Kier molecular flexibility index (Phi) is 5.22. The second-order valence-corrected chi connectivity index (χ2v) is 7.61. The van der Waals surface area contributed by atoms with E-state index in [9.17, 15) is 14.7 Å². The number of ketones is 1. The fourth-order valence-electron chi connectivity index (χ4n) is 3.76. The molecule has 0 fully saturated rings. The van der Waals surface area contributed by atoms with E-state index >= 15 is 0 Å². The van der Waals surface area contributed by atoms with Crippen molar-refractivity contribution in [2.45, 2.75) is 18.4 Å². The van der Waals surface area contributed by atoms with Gasteiger partial charge >= 0.3 is 0 Å². The van der Waals surface area contributed by atoms with Crippen LogP contribution in [-0.2, 0) is 16.8 Å². The van der Waals surface area contributed by atoms with E-state index in [0.29, 0.717) is 34.8 Å². The lowest BCUT2D eigenvalue weighted by Crippen LogP contribution is -2.42. The molecule has 0 aromatic heterocycles. The zero-order valence-electron chi connectivity index (χ0n) is 15.7. The summed E-state index contributed by atoms with van der Waals surface area (Å²) >= 11 is 5.89. The third kappa shape index (κ3) is 3.69. The Hall–Kier alpha value is -2.95. The number of nitrogens with zero attached hydrogens (tertiary/aromatic N) is 1. The van der Waals surface area contributed by atoms with E-state index in [2.05, 4.69) is 0 Å². The molecule has 1 aliphatic rings. The highest BCUT2D eigenvalue weighted by Gasteiger charge is 2.50. The molecule has 4 rings (SSSR count). The molecule has 0 spiro atoms. The zero-order valence-corrected chi connectivity index (χ0v) is 16.5. The highest BCUT2D eigenvalue weighted by atomic mass is 35.5. The summed E-state index contributed by atoms with van der Waals surface area (Å²) in [6.07, 6.45) is 0.342. The molecule has 0 saturated heterocycles. The summed E-state index contributed by atoms with van der Waals surface area (Å²) < 4.78 is 0. The van der Waals surface area contributed by atoms with E-state index in [1.807, 2.05) is 42.5 Å². The quantitative estimate of drug-likeness (QED) is 0.619. The first-order chi connectivity index (χ1) is 14.0. The smallest absolute Gasteiger partial charge is 0.264 e. The van der Waals surface area contributed by atoms with Gasteiger partial charge in [-0.15, -0.1) is 0 Å². The largest absolute Gasteiger partial charge is 0.375 e. The number of carbonyl (C=O) groups is 2. The predicted molar refractivity (Wildman–Crippen MR) is 113 cm³/mol. The Balaban J connectivity index is 1.60. The van der Waals surface area contributed by atoms with Gasteiger partial charge in [-0.3, -0.25) is 9.59 Å². The maximum atomic E-state index is 13.2. The fraction of sp³-hybridized carbons (Fsp3) is 0.167. The van der Waals surface area contributed by atoms with Crippen LogP contribution in [0.25, 0.3) is 0 Å². The number of fused-ring (bicyclic) bond motifs is 1. The molecule has 1 heterocycles. The molecule has 1 atom stereocenters. The number of anilines is 1. The second-order valence-electron chi connectivity index (χ2n) is 7.18. The molecule has 146 valence electrons. The summed E-state index contributed by atoms with van der Waals surface area (Å²) in [5.41, 5.74) is 0.769. The number of para-hydroxylation sites is 1. The minimum Gasteiger partial charge on any atom is -0.375 e. The van der Waals surface area contributed by atoms with Crippen LogP contribution in [0.1, 0.15) is 27.9 Å². The second kappa shape index (κ2) is 7.82. The first-order valence-corrected chi connectivity index (χ1v) is 9.83. The van der Waals surface area contributed by atoms with Crippen LogP contribution in [0.2, 0.25) is 5.02 Å². The molecule has 0 saturated carbocycles. The van der Waals surface area contributed by atoms with Gasteiger partial charge in [0.25, 0.3) is 5.91 Å². The molecule has 29 heavy (non-hydrogen) atoms. The number of rotatable bonds is 6. The summed E-state index contributed by atoms with van der Waals surface area (Å²) in [6, 6.07) is 23.4. The number of carbonyl (C=O) groups excluding carboxylic acids is 2. The number of halogens is 1. The minimum absolute atomic E-state index is 0.308. The molecule has 1 unspecified atom stereocenters. The lowest BCUT2D eigenvalue weighted by atomic mass is 9.88. The minimum atomic E-state index is -1.87. The van der Waals surface area contributed by atoms with Crippen LogP contribution in [0.3, 0.4) is 0 Å². The third-order valence-electron chi connectivity index (χ3n) is 5.29. The molecule has 0 bridgehead atoms. The van der Waals surface area contributed by atoms with Crippen molar-refractivity contribution in [3.05, 3.63) is 101 Å². The van der Waals surface area contributed by atoms with Gasteiger partial charge in [-0.1, -0.05) is 60.1 Å². The Labute approximate surface area is 174 Å². The van der Waals surface area contributed by atoms with Crippen molar-refractivity contribution in [2.24, 2.45) is 0 Å². The average Bonchev–Trinajstić information content (AvgIpc) is 2.95. The van der Waals surface area contributed by atoms with Crippen molar-refractivity contribution in [2.75, 3.05) is 11.4 Å². The van der Waals surface area contributed by atoms with Gasteiger partial charge in [0.15, 0.2) is 11.4 Å². The summed E-state index contributed by atoms with van der Waals surface area (Å²) in [5.74, 6) is -0.769. The molecular formula is C24H20ClNO3. The molecule has 3 aromatic carbocycles. The van der Waals surface area contributed by atoms with Crippen LogP contribution in [0, 0.1) is 0 Å². The monoisotopic (exact) mass is 405 g/mol. The van der Waals surface area contributed by atoms with Crippen LogP contribution in [-0.4, -0.2) is 23.3 Å². The van der Waals surface area contributed by atoms with E-state index in [0.717, 1.165) is 5.56 Å². The van der Waals surface area contributed by atoms with Gasteiger partial charge in [-0.2, -0.15) is 0 Å². The van der Waals surface area contributed by atoms with Crippen molar-refractivity contribution in [3.63, 3.8) is 0 Å². The van der Waals surface area contributed by atoms with Crippen molar-refractivity contribution in [1.82, 2.24) is 0 Å². The fourth-order valence-corrected chi connectivity index (χ4v) is 3.88. The van der Waals surface area contributed by atoms with E-state index < -0.39 is 11.5 Å². The molecule has 4 nitrogen and oxygen atoms in total. The van der Waals surface area contributed by atoms with Gasteiger partial charge in [0.2, 0.25) is 0 Å². The van der Waals surface area contributed by atoms with Crippen LogP contribution < -0.4 is 4.90 Å². The number of Topliss-reactive ketones (excluding diaryl/α,β-unsaturated/α-hetero) is 1. The van der Waals surface area contributed by atoms with Gasteiger partial charge < -0.3 is 10.0 Å². The summed E-state index contributed by atoms with van der Waals surface area (Å²) in [6.45, 7) is 0.428. The molecule has 1 amide bonds. The van der Waals surface area contributed by atoms with Gasteiger partial charge in [0.1, 0.15) is 0 Å². The summed E-state index contributed by atoms with van der Waals surface area (Å²) in [7, 11) is 0. The Morgan fingerprint density at radius 1 is 0.931 bits per heavy atom. The molecular weight excluding hydrogens is 386 g/mol. The number of aliphatic hydroxyl groups is 1. The normalized spacial score (nSPS) is 18.0. The standard InChI is InChI=1S/C24H20ClNO3/c25-19-12-10-18(11-13-19)22(27)16-24(29)20-8-4-5-9-21(20)26(23(24)28)15-14-17-6-2-1-3-7-17/h1-13,29H,14-16H2. The molecule has 0 radical (unpaired) electrons. The van der Waals surface area contributed by atoms with Gasteiger partial charge in [0.05, 0.1) is 12.1 Å². The first kappa shape index (κ1) is 19.4. The topological polar surface area (TPSA) is 57.6 Å². The maximum Gasteiger partial charge on any atom is 0.264 e. The molecule has 0 aliphatic carbocycles. The SMILES string of the molecule is O=C(CC1(O)C(=O)N(CCc2ccccc2)c2ccccc21)c1ccc(Cl)cc1. The number of amides is 1. The Morgan fingerprint density at radius 2 is 1.59 bits per heavy atom. The summed E-state index contributed by atoms with van der Waals surface area (Å²) in [4.78, 5) is 27.6. The molecule has 3 aromatic rings. The van der Waals surface area contributed by atoms with Crippen LogP contribution >= 0.6 is 11.6 Å². The van der Waals surface area contributed by atoms with E-state index in [1.165, 1.54) is 0 Å². The maximum absolute atomic E-state index is 13.2. The van der Waals surface area contributed by atoms with Crippen LogP contribution in [0.4, 0.5) is 5.69 Å². The molecule has 5 heteroatoms. The highest BCUT2D eigenvalue weighted by molar-refractivity contribution is 6.30. The van der Waals surface area contributed by atoms with Crippen molar-refractivity contribution >= 4 is 29.0 Å². The molecule has 1 N–H and O–H groups in total. The average molecular weight is 406 g/mol. The van der Waals surface area contributed by atoms with Crippen molar-refractivity contribution in [1.29, 1.82) is 0 Å². The van der Waals surface area contributed by atoms with E-state index in [-0.39, 0.29) is 12.2 Å². The third-order valence-corrected chi connectivity index (χ3v) is 5.54. The van der Waals surface area contributed by atoms with Crippen molar-refractivity contribution in [3.8, 4) is 0 Å². The van der Waals surface area contributed by atoms with Gasteiger partial charge in [-0.25, -0.2) is 0 Å². The predicted octanol–water partition coefficient (Wildman–Crippen LogP) is 4.39. The van der Waals surface area contributed by atoms with E-state index in [1.54, 1.807) is 41.3 Å². The first-order valence-electron chi connectivity index (χ1n) is 9.45. The highest BCUT2D eigenvalue weighted by Crippen LogP contribution is 2.42. The van der Waals surface area contributed by atoms with Gasteiger partial charge in [-0.05, 0) is 42.3 Å². The molecule has 1 aliphatic heterocycles. The Bertz CT molecular complexity index is 1050. The van der Waals surface area contributed by atoms with E-state index in [4.69, 9.17) is 11.6 Å². The Morgan fingerprint density at radius 3 is 2.31 bits per heavy atom.